The molecule has 2 heteroatoms. The maximum atomic E-state index is 12.9. The van der Waals surface area contributed by atoms with Crippen LogP contribution in [-0.2, 0) is 12.8 Å². The number of benzene rings is 3. The van der Waals surface area contributed by atoms with E-state index in [4.69, 9.17) is 0 Å². The molecule has 124 valence electrons. The Bertz CT molecular complexity index is 1150. The Morgan fingerprint density at radius 1 is 0.846 bits per heavy atom. The lowest BCUT2D eigenvalue weighted by Crippen LogP contribution is -2.06. The van der Waals surface area contributed by atoms with Crippen molar-refractivity contribution in [2.75, 3.05) is 0 Å². The molecule has 2 nitrogen and oxygen atoms in total. The summed E-state index contributed by atoms with van der Waals surface area (Å²) in [5.41, 5.74) is 6.73. The second-order valence-electron chi connectivity index (χ2n) is 6.78. The number of nitrogens with zero attached hydrogens (tertiary/aromatic N) is 1. The van der Waals surface area contributed by atoms with E-state index in [1.807, 2.05) is 30.3 Å². The number of carbonyl (C=O) groups excluding carboxylic acids is 1. The number of hydrogen-bond acceptors (Lipinski definition) is 2. The van der Waals surface area contributed by atoms with Crippen molar-refractivity contribution in [1.29, 1.82) is 0 Å². The maximum Gasteiger partial charge on any atom is 0.168 e. The molecular weight excluding hydrogens is 318 g/mol. The van der Waals surface area contributed by atoms with Crippen LogP contribution in [-0.4, -0.2) is 10.8 Å². The normalized spacial score (nSPS) is 12.0. The lowest BCUT2D eigenvalue weighted by Gasteiger charge is -2.07. The highest BCUT2D eigenvalue weighted by molar-refractivity contribution is 6.00. The third-order valence-corrected chi connectivity index (χ3v) is 5.20. The molecule has 1 heterocycles. The van der Waals surface area contributed by atoms with Gasteiger partial charge in [-0.3, -0.25) is 9.78 Å². The van der Waals surface area contributed by atoms with Crippen molar-refractivity contribution in [2.45, 2.75) is 12.8 Å². The Balaban J connectivity index is 1.48. The molecule has 0 fully saturated rings. The van der Waals surface area contributed by atoms with Gasteiger partial charge >= 0.3 is 0 Å². The SMILES string of the molecule is O=C(Cc1nccc2ccccc12)c1ccc2c(c1)Cc1ccccc1-2. The van der Waals surface area contributed by atoms with E-state index in [0.717, 1.165) is 28.5 Å². The first-order chi connectivity index (χ1) is 12.8. The first kappa shape index (κ1) is 15.0. The fourth-order valence-corrected chi connectivity index (χ4v) is 3.90. The molecule has 0 bridgehead atoms. The molecular formula is C24H17NO. The fraction of sp³-hybridized carbons (Fsp3) is 0.0833. The van der Waals surface area contributed by atoms with Gasteiger partial charge in [-0.2, -0.15) is 0 Å². The summed E-state index contributed by atoms with van der Waals surface area (Å²) in [7, 11) is 0. The summed E-state index contributed by atoms with van der Waals surface area (Å²) in [6.07, 6.45) is 3.01. The van der Waals surface area contributed by atoms with E-state index in [9.17, 15) is 4.79 Å². The van der Waals surface area contributed by atoms with Crippen LogP contribution in [0.2, 0.25) is 0 Å². The Morgan fingerprint density at radius 3 is 2.62 bits per heavy atom. The van der Waals surface area contributed by atoms with Gasteiger partial charge in [-0.25, -0.2) is 0 Å². The van der Waals surface area contributed by atoms with Gasteiger partial charge in [-0.05, 0) is 46.2 Å². The van der Waals surface area contributed by atoms with Crippen molar-refractivity contribution in [2.24, 2.45) is 0 Å². The number of carbonyl (C=O) groups is 1. The van der Waals surface area contributed by atoms with E-state index in [0.29, 0.717) is 6.42 Å². The summed E-state index contributed by atoms with van der Waals surface area (Å²) in [6, 6.07) is 24.6. The number of Topliss-reactive ketones (excluding diaryl/α,β-unsaturated/α-hetero) is 1. The van der Waals surface area contributed by atoms with Crippen LogP contribution in [0.3, 0.4) is 0 Å². The van der Waals surface area contributed by atoms with Crippen molar-refractivity contribution in [3.63, 3.8) is 0 Å². The molecule has 1 aliphatic carbocycles. The smallest absolute Gasteiger partial charge is 0.168 e. The summed E-state index contributed by atoms with van der Waals surface area (Å²) in [5.74, 6) is 0.118. The molecule has 0 saturated carbocycles. The number of ketones is 1. The van der Waals surface area contributed by atoms with Gasteiger partial charge in [0.25, 0.3) is 0 Å². The van der Waals surface area contributed by atoms with Gasteiger partial charge in [0.1, 0.15) is 0 Å². The van der Waals surface area contributed by atoms with Crippen molar-refractivity contribution in [1.82, 2.24) is 4.98 Å². The topological polar surface area (TPSA) is 30.0 Å². The highest BCUT2D eigenvalue weighted by Gasteiger charge is 2.19. The third kappa shape index (κ3) is 2.42. The largest absolute Gasteiger partial charge is 0.294 e. The second kappa shape index (κ2) is 5.92. The van der Waals surface area contributed by atoms with E-state index >= 15 is 0 Å². The molecule has 0 N–H and O–H groups in total. The zero-order valence-electron chi connectivity index (χ0n) is 14.3. The van der Waals surface area contributed by atoms with Crippen LogP contribution in [0.25, 0.3) is 21.9 Å². The van der Waals surface area contributed by atoms with Gasteiger partial charge in [0, 0.05) is 17.1 Å². The van der Waals surface area contributed by atoms with Gasteiger partial charge in [-0.1, -0.05) is 60.7 Å². The molecule has 0 amide bonds. The zero-order chi connectivity index (χ0) is 17.5. The summed E-state index contributed by atoms with van der Waals surface area (Å²) in [4.78, 5) is 17.3. The minimum absolute atomic E-state index is 0.118. The van der Waals surface area contributed by atoms with Gasteiger partial charge in [0.15, 0.2) is 5.78 Å². The molecule has 3 aromatic carbocycles. The maximum absolute atomic E-state index is 12.9. The van der Waals surface area contributed by atoms with Crippen LogP contribution in [0.15, 0.2) is 79.0 Å². The molecule has 26 heavy (non-hydrogen) atoms. The molecule has 0 aliphatic heterocycles. The number of aromatic nitrogens is 1. The number of fused-ring (bicyclic) bond motifs is 4. The quantitative estimate of drug-likeness (QED) is 0.423. The highest BCUT2D eigenvalue weighted by atomic mass is 16.1. The number of pyridine rings is 1. The van der Waals surface area contributed by atoms with Crippen molar-refractivity contribution < 1.29 is 4.79 Å². The monoisotopic (exact) mass is 335 g/mol. The van der Waals surface area contributed by atoms with E-state index in [2.05, 4.69) is 47.4 Å². The zero-order valence-corrected chi connectivity index (χ0v) is 14.3. The first-order valence-corrected chi connectivity index (χ1v) is 8.86. The van der Waals surface area contributed by atoms with Crippen LogP contribution in [0, 0.1) is 0 Å². The summed E-state index contributed by atoms with van der Waals surface area (Å²) in [6.45, 7) is 0. The number of rotatable bonds is 3. The Labute approximate surface area is 152 Å². The van der Waals surface area contributed by atoms with Crippen molar-refractivity contribution in [3.8, 4) is 11.1 Å². The standard InChI is InChI=1S/C24H17NO/c26-24(15-23-22-8-4-1-5-16(22)11-12-25-23)18-9-10-21-19(14-18)13-17-6-2-3-7-20(17)21/h1-12,14H,13,15H2. The summed E-state index contributed by atoms with van der Waals surface area (Å²) < 4.78 is 0. The van der Waals surface area contributed by atoms with E-state index in [1.54, 1.807) is 6.20 Å². The molecule has 1 aromatic heterocycles. The van der Waals surface area contributed by atoms with E-state index < -0.39 is 0 Å². The molecule has 0 atom stereocenters. The van der Waals surface area contributed by atoms with Crippen molar-refractivity contribution >= 4 is 16.6 Å². The van der Waals surface area contributed by atoms with Gasteiger partial charge < -0.3 is 0 Å². The molecule has 0 spiro atoms. The molecule has 0 unspecified atom stereocenters. The predicted molar refractivity (Wildman–Crippen MR) is 104 cm³/mol. The van der Waals surface area contributed by atoms with Crippen molar-refractivity contribution in [3.05, 3.63) is 101 Å². The van der Waals surface area contributed by atoms with Gasteiger partial charge in [-0.15, -0.1) is 0 Å². The minimum atomic E-state index is 0.118. The average Bonchev–Trinajstić information content (AvgIpc) is 3.06. The lowest BCUT2D eigenvalue weighted by atomic mass is 9.98. The minimum Gasteiger partial charge on any atom is -0.294 e. The third-order valence-electron chi connectivity index (χ3n) is 5.20. The van der Waals surface area contributed by atoms with Crippen LogP contribution in [0.4, 0.5) is 0 Å². The van der Waals surface area contributed by atoms with Crippen LogP contribution in [0.5, 0.6) is 0 Å². The fourth-order valence-electron chi connectivity index (χ4n) is 3.90. The van der Waals surface area contributed by atoms with Crippen LogP contribution in [0.1, 0.15) is 27.2 Å². The lowest BCUT2D eigenvalue weighted by molar-refractivity contribution is 0.0992. The Morgan fingerprint density at radius 2 is 1.65 bits per heavy atom. The first-order valence-electron chi connectivity index (χ1n) is 8.86. The van der Waals surface area contributed by atoms with Gasteiger partial charge in [0.2, 0.25) is 0 Å². The Hall–Kier alpha value is -3.26. The van der Waals surface area contributed by atoms with E-state index in [1.165, 1.54) is 22.3 Å². The molecule has 0 radical (unpaired) electrons. The summed E-state index contributed by atoms with van der Waals surface area (Å²) in [5, 5.41) is 2.17. The molecule has 5 rings (SSSR count). The van der Waals surface area contributed by atoms with Crippen LogP contribution >= 0.6 is 0 Å². The highest BCUT2D eigenvalue weighted by Crippen LogP contribution is 2.36. The summed E-state index contributed by atoms with van der Waals surface area (Å²) >= 11 is 0. The second-order valence-corrected chi connectivity index (χ2v) is 6.78. The number of hydrogen-bond donors (Lipinski definition) is 0. The molecule has 1 aliphatic rings. The Kier molecular flexibility index (Phi) is 3.42. The molecule has 0 saturated heterocycles. The molecule has 4 aromatic rings. The predicted octanol–water partition coefficient (Wildman–Crippen LogP) is 5.23. The van der Waals surface area contributed by atoms with Gasteiger partial charge in [0.05, 0.1) is 12.1 Å². The van der Waals surface area contributed by atoms with Crippen LogP contribution < -0.4 is 0 Å². The van der Waals surface area contributed by atoms with E-state index in [-0.39, 0.29) is 5.78 Å². The average molecular weight is 335 g/mol.